The molecule has 0 spiro atoms. The van der Waals surface area contributed by atoms with E-state index in [1.165, 1.54) is 73.6 Å². The van der Waals surface area contributed by atoms with Crippen molar-refractivity contribution in [2.45, 2.75) is 229 Å². The number of benzene rings is 4. The fourth-order valence-corrected chi connectivity index (χ4v) is 14.1. The lowest BCUT2D eigenvalue weighted by Gasteiger charge is -2.26. The second-order valence-electron chi connectivity index (χ2n) is 27.4. The van der Waals surface area contributed by atoms with Crippen LogP contribution in [0.25, 0.3) is 99.8 Å². The van der Waals surface area contributed by atoms with Crippen LogP contribution in [0.5, 0.6) is 0 Å². The van der Waals surface area contributed by atoms with E-state index in [1.807, 2.05) is 82.2 Å². The maximum atomic E-state index is 11.2. The minimum atomic E-state index is -0.886. The predicted molar refractivity (Wildman–Crippen MR) is 384 cm³/mol. The summed E-state index contributed by atoms with van der Waals surface area (Å²) in [7, 11) is 0. The summed E-state index contributed by atoms with van der Waals surface area (Å²) in [6.45, 7) is 30.4. The number of aliphatic hydroxyl groups is 2. The van der Waals surface area contributed by atoms with Gasteiger partial charge >= 0.3 is 0 Å². The van der Waals surface area contributed by atoms with Crippen molar-refractivity contribution in [3.8, 4) is 44.5 Å². The summed E-state index contributed by atoms with van der Waals surface area (Å²) in [4.78, 5) is 33.5. The summed E-state index contributed by atoms with van der Waals surface area (Å²) in [5, 5.41) is 38.1. The molecule has 0 bridgehead atoms. The summed E-state index contributed by atoms with van der Waals surface area (Å²) in [6.07, 6.45) is 18.7. The van der Waals surface area contributed by atoms with Gasteiger partial charge in [-0.05, 0) is 234 Å². The first kappa shape index (κ1) is 66.6. The fraction of sp³-hybridized carbons (Fsp3) is 0.443. The highest BCUT2D eigenvalue weighted by molar-refractivity contribution is 5.96. The van der Waals surface area contributed by atoms with Gasteiger partial charge in [0.15, 0.2) is 0 Å². The molecular weight excluding hydrogens is 1210 g/mol. The third-order valence-electron chi connectivity index (χ3n) is 20.3. The third-order valence-corrected chi connectivity index (χ3v) is 20.3. The number of allylic oxidation sites excluding steroid dienone is 4. The zero-order valence-electron chi connectivity index (χ0n) is 59.2. The van der Waals surface area contributed by atoms with Gasteiger partial charge in [0.2, 0.25) is 0 Å². The van der Waals surface area contributed by atoms with E-state index in [2.05, 4.69) is 123 Å². The number of rotatable bonds is 18. The van der Waals surface area contributed by atoms with Crippen molar-refractivity contribution >= 4 is 55.3 Å². The zero-order valence-corrected chi connectivity index (χ0v) is 59.2. The molecule has 6 N–H and O–H groups in total. The average Bonchev–Trinajstić information content (AvgIpc) is 1.67. The van der Waals surface area contributed by atoms with E-state index in [0.717, 1.165) is 188 Å². The molecule has 4 fully saturated rings. The molecule has 97 heavy (non-hydrogen) atoms. The summed E-state index contributed by atoms with van der Waals surface area (Å²) >= 11 is 0. The van der Waals surface area contributed by atoms with Crippen molar-refractivity contribution in [3.63, 3.8) is 0 Å². The molecule has 4 aliphatic carbocycles. The van der Waals surface area contributed by atoms with Gasteiger partial charge in [0, 0.05) is 68.2 Å². The molecule has 0 radical (unpaired) electrons. The Hall–Kier alpha value is -9.00. The van der Waals surface area contributed by atoms with Gasteiger partial charge in [-0.1, -0.05) is 74.3 Å². The summed E-state index contributed by atoms with van der Waals surface area (Å²) < 4.78 is 21.4. The number of nitrogens with one attached hydrogen (secondary N) is 4. The monoisotopic (exact) mass is 1310 g/mol. The van der Waals surface area contributed by atoms with Crippen molar-refractivity contribution in [3.05, 3.63) is 152 Å². The minimum absolute atomic E-state index is 0.520. The van der Waals surface area contributed by atoms with Gasteiger partial charge in [-0.25, -0.2) is 19.9 Å². The summed E-state index contributed by atoms with van der Waals surface area (Å²) in [5.41, 5.74) is 26.3. The molecule has 1 unspecified atom stereocenters. The number of fused-ring (bicyclic) bond motifs is 4. The first-order valence-electron chi connectivity index (χ1n) is 35.4. The molecule has 4 aliphatic rings. The number of aryl methyl sites for hydroxylation is 8. The Morgan fingerprint density at radius 1 is 0.464 bits per heavy atom. The van der Waals surface area contributed by atoms with E-state index in [0.29, 0.717) is 42.9 Å². The Bertz CT molecular complexity index is 4850. The van der Waals surface area contributed by atoms with E-state index in [-0.39, 0.29) is 0 Å². The molecule has 4 saturated carbocycles. The van der Waals surface area contributed by atoms with Gasteiger partial charge in [-0.2, -0.15) is 0 Å². The molecule has 506 valence electrons. The molecule has 12 aromatic rings. The molecular formula is C79H94N12O6. The van der Waals surface area contributed by atoms with Crippen molar-refractivity contribution < 1.29 is 28.3 Å². The summed E-state index contributed by atoms with van der Waals surface area (Å²) in [6, 6.07) is 17.2. The van der Waals surface area contributed by atoms with Crippen molar-refractivity contribution in [2.75, 3.05) is 0 Å². The van der Waals surface area contributed by atoms with Crippen LogP contribution < -0.4 is 0 Å². The van der Waals surface area contributed by atoms with Gasteiger partial charge in [-0.15, -0.1) is 0 Å². The number of hydrogen-bond donors (Lipinski definition) is 6. The second-order valence-corrected chi connectivity index (χ2v) is 27.4. The van der Waals surface area contributed by atoms with Crippen LogP contribution in [0.3, 0.4) is 0 Å². The predicted octanol–water partition coefficient (Wildman–Crippen LogP) is 20.3. The van der Waals surface area contributed by atoms with Crippen molar-refractivity contribution in [1.82, 2.24) is 60.5 Å². The molecule has 18 heteroatoms. The van der Waals surface area contributed by atoms with Crippen LogP contribution in [-0.2, 0) is 5.60 Å². The lowest BCUT2D eigenvalue weighted by molar-refractivity contribution is 0.0297. The lowest BCUT2D eigenvalue weighted by Crippen LogP contribution is -2.24. The van der Waals surface area contributed by atoms with Crippen LogP contribution in [0, 0.1) is 55.4 Å². The van der Waals surface area contributed by atoms with E-state index >= 15 is 0 Å². The van der Waals surface area contributed by atoms with Crippen molar-refractivity contribution in [2.24, 2.45) is 0 Å². The zero-order chi connectivity index (χ0) is 68.3. The maximum Gasteiger partial charge on any atom is 0.141 e. The molecule has 16 rings (SSSR count). The number of aromatic amines is 4. The van der Waals surface area contributed by atoms with Crippen LogP contribution in [0.2, 0.25) is 0 Å². The number of nitrogens with zero attached hydrogens (tertiary/aromatic N) is 8. The SMILES string of the molecule is C/C=C(/CC)c1cc(-c2c(C)noc2C)cc2[nH]c(C3CC3)nc12.CC/C=C(\CC)c1cc(-c2c(C)noc2C)cc2[nH]c(C3CC3)nc12.CCC(O)(CC)c1cc(-c2c(C)noc2C)cc2[nH]c(C3CC3)nc12.CCC(O)c1cc(-c2c(C)noc2C)cc2[nH]c(C3CC3)nc12. The molecule has 8 heterocycles. The van der Waals surface area contributed by atoms with Crippen molar-refractivity contribution in [1.29, 1.82) is 0 Å². The average molecular weight is 1310 g/mol. The minimum Gasteiger partial charge on any atom is -0.388 e. The number of imidazole rings is 4. The summed E-state index contributed by atoms with van der Waals surface area (Å²) in [5.74, 6) is 9.99. The van der Waals surface area contributed by atoms with Crippen LogP contribution in [-0.4, -0.2) is 70.7 Å². The van der Waals surface area contributed by atoms with E-state index in [9.17, 15) is 10.2 Å². The Balaban J connectivity index is 0.000000117. The van der Waals surface area contributed by atoms with E-state index < -0.39 is 11.7 Å². The Kier molecular flexibility index (Phi) is 18.6. The molecule has 0 aliphatic heterocycles. The van der Waals surface area contributed by atoms with Gasteiger partial charge in [0.25, 0.3) is 0 Å². The second kappa shape index (κ2) is 27.1. The van der Waals surface area contributed by atoms with Gasteiger partial charge < -0.3 is 48.2 Å². The highest BCUT2D eigenvalue weighted by Gasteiger charge is 2.34. The first-order valence-corrected chi connectivity index (χ1v) is 35.4. The highest BCUT2D eigenvalue weighted by atomic mass is 16.5. The van der Waals surface area contributed by atoms with Crippen LogP contribution >= 0.6 is 0 Å². The smallest absolute Gasteiger partial charge is 0.141 e. The Morgan fingerprint density at radius 2 is 0.794 bits per heavy atom. The third kappa shape index (κ3) is 13.2. The lowest BCUT2D eigenvalue weighted by atomic mass is 9.85. The number of aliphatic hydroxyl groups excluding tert-OH is 1. The molecule has 1 atom stereocenters. The van der Waals surface area contributed by atoms with E-state index in [4.69, 9.17) is 38.0 Å². The van der Waals surface area contributed by atoms with Gasteiger partial charge in [0.1, 0.15) is 46.3 Å². The van der Waals surface area contributed by atoms with Gasteiger partial charge in [0.05, 0.1) is 78.6 Å². The molecule has 18 nitrogen and oxygen atoms in total. The highest BCUT2D eigenvalue weighted by Crippen LogP contribution is 2.47. The van der Waals surface area contributed by atoms with Crippen LogP contribution in [0.15, 0.2) is 78.8 Å². The number of hydrogen-bond acceptors (Lipinski definition) is 14. The van der Waals surface area contributed by atoms with Gasteiger partial charge in [-0.3, -0.25) is 0 Å². The quantitative estimate of drug-likeness (QED) is 0.0467. The Morgan fingerprint density at radius 3 is 1.11 bits per heavy atom. The standard InChI is InChI=1S/C21H25N3O.C20H25N3O2.C20H23N3O.C18H21N3O2/c1-5-7-14(6-2)17-10-16(19-12(3)24-25-13(19)4)11-18-20(17)23-21(22-18)15-8-9-15;1-5-20(24,6-2)15-9-14(17-11(3)23-25-12(17)4)10-16-18(15)22-19(21-16)13-7-8-13;1-5-13(6-2)16-9-15(18-11(3)23-24-12(18)4)10-17-19(16)22-20(21-17)14-7-8-14;1-4-15(22)13-7-12(16-9(2)21-23-10(16)3)8-14-17(13)20-18(19-14)11-5-6-11/h7,10-11,15H,5-6,8-9H2,1-4H3,(H,22,23);9-10,13,24H,5-8H2,1-4H3,(H,21,22);5,9-10,14H,6-8H2,1-4H3,(H,21,22);7-8,11,15,22H,4-6H2,1-3H3,(H,19,20)/b14-7+;;13-5-;. The number of H-pyrrole nitrogens is 4. The topological polar surface area (TPSA) is 259 Å². The van der Waals surface area contributed by atoms with Crippen LogP contribution in [0.4, 0.5) is 0 Å². The maximum absolute atomic E-state index is 11.2. The normalized spacial score (nSPS) is 15.5. The molecule has 8 aromatic heterocycles. The Labute approximate surface area is 567 Å². The molecule has 4 aromatic carbocycles. The van der Waals surface area contributed by atoms with Crippen LogP contribution in [0.1, 0.15) is 260 Å². The molecule has 0 saturated heterocycles. The first-order chi connectivity index (χ1) is 46.8. The van der Waals surface area contributed by atoms with E-state index in [1.54, 1.807) is 0 Å². The fourth-order valence-electron chi connectivity index (χ4n) is 14.1. The number of aromatic nitrogens is 12. The largest absolute Gasteiger partial charge is 0.388 e. The molecule has 0 amide bonds.